The Labute approximate surface area is 134 Å². The van der Waals surface area contributed by atoms with E-state index in [4.69, 9.17) is 12.2 Å². The maximum Gasteiger partial charge on any atom is 0.292 e. The van der Waals surface area contributed by atoms with Crippen molar-refractivity contribution in [2.75, 3.05) is 10.6 Å². The van der Waals surface area contributed by atoms with Crippen molar-refractivity contribution in [2.45, 2.75) is 20.8 Å². The molecule has 0 fully saturated rings. The molecule has 0 saturated heterocycles. The molecule has 2 aromatic rings. The molecule has 0 aromatic heterocycles. The smallest absolute Gasteiger partial charge is 0.292 e. The van der Waals surface area contributed by atoms with E-state index in [2.05, 4.69) is 10.6 Å². The van der Waals surface area contributed by atoms with Crippen molar-refractivity contribution >= 4 is 34.4 Å². The van der Waals surface area contributed by atoms with Crippen LogP contribution in [0.25, 0.3) is 0 Å². The lowest BCUT2D eigenvalue weighted by molar-refractivity contribution is -0.383. The first-order valence-electron chi connectivity index (χ1n) is 6.77. The lowest BCUT2D eigenvalue weighted by Crippen LogP contribution is -2.19. The first-order valence-corrected chi connectivity index (χ1v) is 7.18. The lowest BCUT2D eigenvalue weighted by Gasteiger charge is -2.12. The Balaban J connectivity index is 2.15. The first-order chi connectivity index (χ1) is 10.4. The van der Waals surface area contributed by atoms with Crippen LogP contribution in [0.15, 0.2) is 36.4 Å². The summed E-state index contributed by atoms with van der Waals surface area (Å²) in [5, 5.41) is 17.3. The van der Waals surface area contributed by atoms with Crippen molar-refractivity contribution in [2.24, 2.45) is 0 Å². The van der Waals surface area contributed by atoms with Gasteiger partial charge in [-0.3, -0.25) is 10.1 Å². The number of rotatable bonds is 3. The van der Waals surface area contributed by atoms with Crippen LogP contribution in [0.3, 0.4) is 0 Å². The third-order valence-electron chi connectivity index (χ3n) is 3.36. The highest BCUT2D eigenvalue weighted by molar-refractivity contribution is 7.80. The van der Waals surface area contributed by atoms with Crippen molar-refractivity contribution in [3.8, 4) is 0 Å². The highest BCUT2D eigenvalue weighted by Gasteiger charge is 2.14. The molecule has 0 unspecified atom stereocenters. The van der Waals surface area contributed by atoms with Gasteiger partial charge >= 0.3 is 0 Å². The zero-order valence-corrected chi connectivity index (χ0v) is 13.5. The van der Waals surface area contributed by atoms with E-state index in [0.717, 1.165) is 16.8 Å². The van der Waals surface area contributed by atoms with Gasteiger partial charge < -0.3 is 10.6 Å². The fourth-order valence-electron chi connectivity index (χ4n) is 2.00. The zero-order chi connectivity index (χ0) is 16.3. The predicted molar refractivity (Wildman–Crippen MR) is 93.6 cm³/mol. The van der Waals surface area contributed by atoms with Crippen LogP contribution in [0, 0.1) is 30.9 Å². The highest BCUT2D eigenvalue weighted by atomic mass is 32.1. The van der Waals surface area contributed by atoms with Crippen LogP contribution in [0.5, 0.6) is 0 Å². The molecule has 0 saturated carbocycles. The molecule has 0 aliphatic rings. The molecule has 0 atom stereocenters. The molecular formula is C16H17N3O2S. The number of nitrogens with zero attached hydrogens (tertiary/aromatic N) is 1. The summed E-state index contributed by atoms with van der Waals surface area (Å²) in [7, 11) is 0. The number of aryl methyl sites for hydroxylation is 3. The molecule has 0 spiro atoms. The zero-order valence-electron chi connectivity index (χ0n) is 12.6. The number of hydrogen-bond donors (Lipinski definition) is 2. The Hall–Kier alpha value is -2.47. The second kappa shape index (κ2) is 6.53. The maximum atomic E-state index is 11.1. The molecule has 0 radical (unpaired) electrons. The summed E-state index contributed by atoms with van der Waals surface area (Å²) >= 11 is 5.23. The van der Waals surface area contributed by atoms with E-state index >= 15 is 0 Å². The molecule has 0 heterocycles. The Morgan fingerprint density at radius 1 is 1.05 bits per heavy atom. The number of thiocarbonyl (C=S) groups is 1. The van der Waals surface area contributed by atoms with Gasteiger partial charge in [-0.05, 0) is 67.9 Å². The molecule has 0 amide bonds. The molecular weight excluding hydrogens is 298 g/mol. The average Bonchev–Trinajstić information content (AvgIpc) is 2.44. The third-order valence-corrected chi connectivity index (χ3v) is 3.57. The highest BCUT2D eigenvalue weighted by Crippen LogP contribution is 2.25. The van der Waals surface area contributed by atoms with Crippen LogP contribution in [0.2, 0.25) is 0 Å². The summed E-state index contributed by atoms with van der Waals surface area (Å²) in [5.41, 5.74) is 4.38. The third kappa shape index (κ3) is 3.79. The molecule has 2 rings (SSSR count). The number of nitro groups is 1. The molecule has 22 heavy (non-hydrogen) atoms. The van der Waals surface area contributed by atoms with Crippen LogP contribution >= 0.6 is 12.2 Å². The predicted octanol–water partition coefficient (Wildman–Crippen LogP) is 4.33. The Morgan fingerprint density at radius 2 is 1.77 bits per heavy atom. The SMILES string of the molecule is Cc1ccc(NC(=S)Nc2ccc(C)c(C)c2)c([N+](=O)[O-])c1. The second-order valence-electron chi connectivity index (χ2n) is 5.16. The fraction of sp³-hybridized carbons (Fsp3) is 0.188. The summed E-state index contributed by atoms with van der Waals surface area (Å²) in [5.74, 6) is 0. The van der Waals surface area contributed by atoms with Gasteiger partial charge in [0.25, 0.3) is 5.69 Å². The van der Waals surface area contributed by atoms with Crippen LogP contribution < -0.4 is 10.6 Å². The van der Waals surface area contributed by atoms with Gasteiger partial charge in [0, 0.05) is 11.8 Å². The summed E-state index contributed by atoms with van der Waals surface area (Å²) in [4.78, 5) is 10.7. The molecule has 0 aliphatic carbocycles. The van der Waals surface area contributed by atoms with Gasteiger partial charge in [0.15, 0.2) is 5.11 Å². The first kappa shape index (κ1) is 15.9. The van der Waals surface area contributed by atoms with Crippen molar-refractivity contribution in [3.63, 3.8) is 0 Å². The van der Waals surface area contributed by atoms with Crippen molar-refractivity contribution in [3.05, 3.63) is 63.2 Å². The Kier molecular flexibility index (Phi) is 4.72. The van der Waals surface area contributed by atoms with E-state index < -0.39 is 4.92 Å². The molecule has 2 aromatic carbocycles. The lowest BCUT2D eigenvalue weighted by atomic mass is 10.1. The number of hydrogen-bond acceptors (Lipinski definition) is 3. The number of anilines is 2. The quantitative estimate of drug-likeness (QED) is 0.501. The van der Waals surface area contributed by atoms with Crippen molar-refractivity contribution < 1.29 is 4.92 Å². The van der Waals surface area contributed by atoms with Gasteiger partial charge in [0.1, 0.15) is 5.69 Å². The van der Waals surface area contributed by atoms with Crippen molar-refractivity contribution in [1.82, 2.24) is 0 Å². The van der Waals surface area contributed by atoms with E-state index in [1.165, 1.54) is 11.6 Å². The molecule has 114 valence electrons. The van der Waals surface area contributed by atoms with Crippen LogP contribution in [0.1, 0.15) is 16.7 Å². The maximum absolute atomic E-state index is 11.1. The normalized spacial score (nSPS) is 10.1. The fourth-order valence-corrected chi connectivity index (χ4v) is 2.23. The minimum atomic E-state index is -0.423. The average molecular weight is 315 g/mol. The van der Waals surface area contributed by atoms with Crippen LogP contribution in [-0.2, 0) is 0 Å². The summed E-state index contributed by atoms with van der Waals surface area (Å²) in [6, 6.07) is 10.9. The molecule has 6 heteroatoms. The van der Waals surface area contributed by atoms with E-state index in [1.54, 1.807) is 12.1 Å². The molecule has 2 N–H and O–H groups in total. The number of nitro benzene ring substituents is 1. The van der Waals surface area contributed by atoms with Crippen molar-refractivity contribution in [1.29, 1.82) is 0 Å². The standard InChI is InChI=1S/C16H17N3O2S/c1-10-4-7-14(15(8-10)19(20)21)18-16(22)17-13-6-5-11(2)12(3)9-13/h4-9H,1-3H3,(H2,17,18,22). The number of benzene rings is 2. The van der Waals surface area contributed by atoms with Gasteiger partial charge in [-0.2, -0.15) is 0 Å². The van der Waals surface area contributed by atoms with E-state index in [0.29, 0.717) is 10.8 Å². The molecule has 0 aliphatic heterocycles. The van der Waals surface area contributed by atoms with Gasteiger partial charge in [-0.15, -0.1) is 0 Å². The van der Waals surface area contributed by atoms with Gasteiger partial charge in [-0.25, -0.2) is 0 Å². The number of nitrogens with one attached hydrogen (secondary N) is 2. The van der Waals surface area contributed by atoms with Crippen LogP contribution in [-0.4, -0.2) is 10.0 Å². The monoisotopic (exact) mass is 315 g/mol. The van der Waals surface area contributed by atoms with E-state index in [9.17, 15) is 10.1 Å². The van der Waals surface area contributed by atoms with Gasteiger partial charge in [-0.1, -0.05) is 12.1 Å². The van der Waals surface area contributed by atoms with Crippen LogP contribution in [0.4, 0.5) is 17.1 Å². The second-order valence-corrected chi connectivity index (χ2v) is 5.56. The summed E-state index contributed by atoms with van der Waals surface area (Å²) < 4.78 is 0. The Bertz CT molecular complexity index is 744. The largest absolute Gasteiger partial charge is 0.332 e. The molecule has 5 nitrogen and oxygen atoms in total. The topological polar surface area (TPSA) is 67.2 Å². The minimum Gasteiger partial charge on any atom is -0.332 e. The van der Waals surface area contributed by atoms with E-state index in [1.807, 2.05) is 39.0 Å². The minimum absolute atomic E-state index is 0.00392. The summed E-state index contributed by atoms with van der Waals surface area (Å²) in [6.07, 6.45) is 0. The summed E-state index contributed by atoms with van der Waals surface area (Å²) in [6.45, 7) is 5.86. The van der Waals surface area contributed by atoms with Gasteiger partial charge in [0.2, 0.25) is 0 Å². The van der Waals surface area contributed by atoms with Gasteiger partial charge in [0.05, 0.1) is 4.92 Å². The molecule has 0 bridgehead atoms. The van der Waals surface area contributed by atoms with E-state index in [-0.39, 0.29) is 5.69 Å². The Morgan fingerprint density at radius 3 is 2.41 bits per heavy atom.